The molecule has 0 atom stereocenters. The van der Waals surface area contributed by atoms with E-state index in [0.29, 0.717) is 17.5 Å². The Hall–Kier alpha value is -2.31. The van der Waals surface area contributed by atoms with Gasteiger partial charge in [0, 0.05) is 30.2 Å². The van der Waals surface area contributed by atoms with Gasteiger partial charge in [0.1, 0.15) is 17.9 Å². The number of oxazole rings is 1. The van der Waals surface area contributed by atoms with E-state index in [4.69, 9.17) is 25.5 Å². The Morgan fingerprint density at radius 2 is 1.77 bits per heavy atom. The molecule has 0 radical (unpaired) electrons. The topological polar surface area (TPSA) is 47.7 Å². The van der Waals surface area contributed by atoms with Gasteiger partial charge in [-0.15, -0.1) is 12.4 Å². The van der Waals surface area contributed by atoms with Crippen molar-refractivity contribution in [1.29, 1.82) is 0 Å². The maximum atomic E-state index is 6.05. The molecular formula is C23H22Cl2N2O3. The Balaban J connectivity index is 0.00000218. The monoisotopic (exact) mass is 444 g/mol. The van der Waals surface area contributed by atoms with Crippen LogP contribution in [0.4, 0.5) is 0 Å². The van der Waals surface area contributed by atoms with Crippen LogP contribution in [-0.4, -0.2) is 49.3 Å². The Morgan fingerprint density at radius 3 is 2.63 bits per heavy atom. The van der Waals surface area contributed by atoms with Crippen LogP contribution in [0.5, 0.6) is 5.75 Å². The van der Waals surface area contributed by atoms with Crippen molar-refractivity contribution >= 4 is 45.9 Å². The molecule has 0 saturated carbocycles. The second-order valence-corrected chi connectivity index (χ2v) is 7.59. The third kappa shape index (κ3) is 4.55. The highest BCUT2D eigenvalue weighted by atomic mass is 35.5. The first-order chi connectivity index (χ1) is 14.2. The first-order valence-electron chi connectivity index (χ1n) is 9.78. The fourth-order valence-corrected chi connectivity index (χ4v) is 3.75. The predicted octanol–water partition coefficient (Wildman–Crippen LogP) is 5.43. The summed E-state index contributed by atoms with van der Waals surface area (Å²) >= 11 is 6.05. The Bertz CT molecular complexity index is 1160. The highest BCUT2D eigenvalue weighted by molar-refractivity contribution is 6.31. The minimum absolute atomic E-state index is 0. The number of halogens is 2. The Labute approximate surface area is 185 Å². The van der Waals surface area contributed by atoms with Crippen LogP contribution in [0.2, 0.25) is 5.02 Å². The van der Waals surface area contributed by atoms with E-state index >= 15 is 0 Å². The summed E-state index contributed by atoms with van der Waals surface area (Å²) in [6, 6.07) is 17.8. The predicted molar refractivity (Wildman–Crippen MR) is 122 cm³/mol. The highest BCUT2D eigenvalue weighted by Crippen LogP contribution is 2.29. The number of rotatable bonds is 5. The largest absolute Gasteiger partial charge is 0.492 e. The molecule has 5 nitrogen and oxygen atoms in total. The van der Waals surface area contributed by atoms with Crippen molar-refractivity contribution in [2.45, 2.75) is 0 Å². The van der Waals surface area contributed by atoms with E-state index in [0.717, 1.165) is 66.0 Å². The fraction of sp³-hybridized carbons (Fsp3) is 0.261. The van der Waals surface area contributed by atoms with Gasteiger partial charge < -0.3 is 13.9 Å². The molecular weight excluding hydrogens is 423 g/mol. The van der Waals surface area contributed by atoms with E-state index in [1.54, 1.807) is 6.07 Å². The number of hydrogen-bond donors (Lipinski definition) is 0. The van der Waals surface area contributed by atoms with Crippen molar-refractivity contribution in [2.24, 2.45) is 0 Å². The maximum absolute atomic E-state index is 6.05. The minimum Gasteiger partial charge on any atom is -0.492 e. The van der Waals surface area contributed by atoms with E-state index in [1.807, 2.05) is 24.3 Å². The highest BCUT2D eigenvalue weighted by Gasteiger charge is 2.11. The summed E-state index contributed by atoms with van der Waals surface area (Å²) in [7, 11) is 0. The van der Waals surface area contributed by atoms with Crippen molar-refractivity contribution < 1.29 is 13.9 Å². The molecule has 1 aromatic heterocycles. The lowest BCUT2D eigenvalue weighted by Gasteiger charge is -2.26. The van der Waals surface area contributed by atoms with Crippen molar-refractivity contribution in [3.63, 3.8) is 0 Å². The molecule has 0 bridgehead atoms. The van der Waals surface area contributed by atoms with Gasteiger partial charge in [-0.1, -0.05) is 23.7 Å². The normalized spacial score (nSPS) is 14.7. The van der Waals surface area contributed by atoms with E-state index in [9.17, 15) is 0 Å². The van der Waals surface area contributed by atoms with Gasteiger partial charge in [0.15, 0.2) is 5.58 Å². The molecule has 7 heteroatoms. The molecule has 1 saturated heterocycles. The third-order valence-corrected chi connectivity index (χ3v) is 5.42. The molecule has 1 aliphatic rings. The maximum Gasteiger partial charge on any atom is 0.227 e. The van der Waals surface area contributed by atoms with Crippen LogP contribution in [-0.2, 0) is 4.74 Å². The SMILES string of the molecule is Cl.Clc1ccc2oc(-c3ccc4cc(OCCN5CCOCC5)ccc4c3)nc2c1. The number of nitrogens with zero attached hydrogens (tertiary/aromatic N) is 2. The number of benzene rings is 3. The second kappa shape index (κ2) is 9.23. The molecule has 4 aromatic rings. The zero-order valence-electron chi connectivity index (χ0n) is 16.3. The van der Waals surface area contributed by atoms with E-state index < -0.39 is 0 Å². The number of morpholine rings is 1. The minimum atomic E-state index is 0. The van der Waals surface area contributed by atoms with Crippen LogP contribution in [0, 0.1) is 0 Å². The number of hydrogen-bond acceptors (Lipinski definition) is 5. The van der Waals surface area contributed by atoms with Gasteiger partial charge in [0.2, 0.25) is 5.89 Å². The molecule has 0 spiro atoms. The van der Waals surface area contributed by atoms with Crippen LogP contribution in [0.25, 0.3) is 33.3 Å². The van der Waals surface area contributed by atoms with Crippen LogP contribution in [0.15, 0.2) is 59.0 Å². The van der Waals surface area contributed by atoms with Crippen molar-refractivity contribution in [1.82, 2.24) is 9.88 Å². The van der Waals surface area contributed by atoms with Gasteiger partial charge in [-0.2, -0.15) is 0 Å². The summed E-state index contributed by atoms with van der Waals surface area (Å²) in [5.74, 6) is 1.48. The number of fused-ring (bicyclic) bond motifs is 2. The summed E-state index contributed by atoms with van der Waals surface area (Å²) in [4.78, 5) is 6.93. The van der Waals surface area contributed by atoms with Crippen LogP contribution < -0.4 is 4.74 Å². The zero-order chi connectivity index (χ0) is 19.6. The van der Waals surface area contributed by atoms with Crippen molar-refractivity contribution in [3.05, 3.63) is 59.6 Å². The molecule has 0 N–H and O–H groups in total. The average Bonchev–Trinajstić information content (AvgIpc) is 3.17. The number of ether oxygens (including phenoxy) is 2. The Kier molecular flexibility index (Phi) is 6.44. The molecule has 156 valence electrons. The summed E-state index contributed by atoms with van der Waals surface area (Å²) in [5.41, 5.74) is 2.43. The molecule has 30 heavy (non-hydrogen) atoms. The fourth-order valence-electron chi connectivity index (χ4n) is 3.59. The average molecular weight is 445 g/mol. The van der Waals surface area contributed by atoms with Crippen LogP contribution in [0.3, 0.4) is 0 Å². The second-order valence-electron chi connectivity index (χ2n) is 7.16. The summed E-state index contributed by atoms with van der Waals surface area (Å²) in [5, 5.41) is 2.89. The lowest BCUT2D eigenvalue weighted by atomic mass is 10.1. The summed E-state index contributed by atoms with van der Waals surface area (Å²) in [6.07, 6.45) is 0. The van der Waals surface area contributed by atoms with Crippen molar-refractivity contribution in [3.8, 4) is 17.2 Å². The molecule has 0 aliphatic carbocycles. The first kappa shape index (κ1) is 20.9. The van der Waals surface area contributed by atoms with Gasteiger partial charge in [-0.3, -0.25) is 4.90 Å². The molecule has 1 aliphatic heterocycles. The molecule has 0 unspecified atom stereocenters. The van der Waals surface area contributed by atoms with E-state index in [-0.39, 0.29) is 12.4 Å². The van der Waals surface area contributed by atoms with Crippen LogP contribution >= 0.6 is 24.0 Å². The molecule has 2 heterocycles. The zero-order valence-corrected chi connectivity index (χ0v) is 17.9. The quantitative estimate of drug-likeness (QED) is 0.410. The van der Waals surface area contributed by atoms with Gasteiger partial charge in [0.25, 0.3) is 0 Å². The van der Waals surface area contributed by atoms with E-state index in [1.165, 1.54) is 0 Å². The molecule has 0 amide bonds. The lowest BCUT2D eigenvalue weighted by Crippen LogP contribution is -2.38. The number of aromatic nitrogens is 1. The molecule has 3 aromatic carbocycles. The van der Waals surface area contributed by atoms with Crippen molar-refractivity contribution in [2.75, 3.05) is 39.5 Å². The summed E-state index contributed by atoms with van der Waals surface area (Å²) in [6.45, 7) is 5.17. The third-order valence-electron chi connectivity index (χ3n) is 5.19. The van der Waals surface area contributed by atoms with Gasteiger partial charge in [-0.05, 0) is 53.2 Å². The lowest BCUT2D eigenvalue weighted by molar-refractivity contribution is 0.0322. The first-order valence-corrected chi connectivity index (χ1v) is 10.2. The van der Waals surface area contributed by atoms with Gasteiger partial charge >= 0.3 is 0 Å². The van der Waals surface area contributed by atoms with Gasteiger partial charge in [0.05, 0.1) is 13.2 Å². The molecule has 1 fully saturated rings. The van der Waals surface area contributed by atoms with Gasteiger partial charge in [-0.25, -0.2) is 4.98 Å². The summed E-state index contributed by atoms with van der Waals surface area (Å²) < 4.78 is 17.2. The molecule has 5 rings (SSSR count). The smallest absolute Gasteiger partial charge is 0.227 e. The van der Waals surface area contributed by atoms with Crippen LogP contribution in [0.1, 0.15) is 0 Å². The Morgan fingerprint density at radius 1 is 0.967 bits per heavy atom. The standard InChI is InChI=1S/C23H21ClN2O3.ClH/c24-19-4-6-22-21(15-19)25-23(29-22)18-2-1-17-14-20(5-3-16(17)13-18)28-12-9-26-7-10-27-11-8-26;/h1-6,13-15H,7-12H2;1H. The van der Waals surface area contributed by atoms with E-state index in [2.05, 4.69) is 34.1 Å².